The first-order valence-electron chi connectivity index (χ1n) is 19.2. The molecule has 2 N–H and O–H groups in total. The zero-order chi connectivity index (χ0) is 36.1. The SMILES string of the molecule is C=C(CN(C)C)C1CCC2(C(=O)NCCN(C)C)CCC3(C)C(C)C(C4(C)CC=C(c5ccc(C(=O)O)cc5)C(C)(C)C4CC)CCC3C12. The zero-order valence-corrected chi connectivity index (χ0v) is 32.5. The lowest BCUT2D eigenvalue weighted by Crippen LogP contribution is -2.60. The molecule has 1 aromatic rings. The second kappa shape index (κ2) is 13.9. The highest BCUT2D eigenvalue weighted by Crippen LogP contribution is 2.71. The van der Waals surface area contributed by atoms with Crippen LogP contribution in [-0.4, -0.2) is 74.6 Å². The summed E-state index contributed by atoms with van der Waals surface area (Å²) in [6, 6.07) is 7.52. The maximum absolute atomic E-state index is 14.3. The predicted molar refractivity (Wildman–Crippen MR) is 202 cm³/mol. The number of rotatable bonds is 11. The molecule has 4 aliphatic carbocycles. The molecule has 1 aromatic carbocycles. The van der Waals surface area contributed by atoms with Crippen molar-refractivity contribution in [2.45, 2.75) is 92.9 Å². The summed E-state index contributed by atoms with van der Waals surface area (Å²) in [5.41, 5.74) is 4.15. The summed E-state index contributed by atoms with van der Waals surface area (Å²) in [6.07, 6.45) is 11.2. The van der Waals surface area contributed by atoms with E-state index in [0.29, 0.717) is 53.5 Å². The highest BCUT2D eigenvalue weighted by molar-refractivity contribution is 5.88. The van der Waals surface area contributed by atoms with Crippen molar-refractivity contribution in [2.24, 2.45) is 57.2 Å². The van der Waals surface area contributed by atoms with Crippen molar-refractivity contribution < 1.29 is 14.7 Å². The molecule has 0 bridgehead atoms. The number of hydrogen-bond acceptors (Lipinski definition) is 4. The smallest absolute Gasteiger partial charge is 0.335 e. The van der Waals surface area contributed by atoms with Gasteiger partial charge in [0, 0.05) is 19.6 Å². The molecule has 6 heteroatoms. The van der Waals surface area contributed by atoms with Crippen molar-refractivity contribution in [2.75, 3.05) is 47.8 Å². The number of allylic oxidation sites excluding steroid dienone is 2. The Morgan fingerprint density at radius 2 is 1.57 bits per heavy atom. The van der Waals surface area contributed by atoms with Crippen molar-refractivity contribution in [3.8, 4) is 0 Å². The number of likely N-dealkylation sites (N-methyl/N-ethyl adjacent to an activating group) is 2. The molecule has 5 rings (SSSR count). The maximum atomic E-state index is 14.3. The Labute approximate surface area is 298 Å². The number of benzene rings is 1. The lowest BCUT2D eigenvalue weighted by atomic mass is 9.40. The minimum atomic E-state index is -0.878. The first-order chi connectivity index (χ1) is 22.9. The van der Waals surface area contributed by atoms with Gasteiger partial charge in [0.25, 0.3) is 0 Å². The third kappa shape index (κ3) is 6.47. The second-order valence-electron chi connectivity index (χ2n) is 18.3. The van der Waals surface area contributed by atoms with Crippen LogP contribution in [0.1, 0.15) is 109 Å². The molecule has 9 atom stereocenters. The van der Waals surface area contributed by atoms with Crippen LogP contribution in [0.15, 0.2) is 42.5 Å². The lowest BCUT2D eigenvalue weighted by Gasteiger charge is -2.64. The number of carbonyl (C=O) groups excluding carboxylic acids is 1. The van der Waals surface area contributed by atoms with Crippen LogP contribution in [0.3, 0.4) is 0 Å². The Balaban J connectivity index is 1.47. The summed E-state index contributed by atoms with van der Waals surface area (Å²) < 4.78 is 0. The largest absolute Gasteiger partial charge is 0.478 e. The van der Waals surface area contributed by atoms with Gasteiger partial charge in [-0.25, -0.2) is 4.79 Å². The number of amides is 1. The summed E-state index contributed by atoms with van der Waals surface area (Å²) in [6.45, 7) is 22.2. The van der Waals surface area contributed by atoms with Gasteiger partial charge < -0.3 is 20.2 Å². The number of carboxylic acid groups (broad SMARTS) is 1. The van der Waals surface area contributed by atoms with Crippen LogP contribution in [0.5, 0.6) is 0 Å². The van der Waals surface area contributed by atoms with Gasteiger partial charge in [-0.15, -0.1) is 0 Å². The van der Waals surface area contributed by atoms with Gasteiger partial charge in [-0.1, -0.05) is 78.3 Å². The molecular weight excluding hydrogens is 606 g/mol. The van der Waals surface area contributed by atoms with Crippen molar-refractivity contribution in [3.63, 3.8) is 0 Å². The molecule has 0 radical (unpaired) electrons. The van der Waals surface area contributed by atoms with Gasteiger partial charge in [0.2, 0.25) is 5.91 Å². The standard InChI is InChI=1S/C43H67N3O3/c1-12-36-40(4,5)34(30-13-15-31(16-14-30)38(47)48)20-21-42(36,7)33-17-18-35-37-32(28(2)27-46(10)11)19-22-43(37,24-23-41(35,6)29(33)3)39(49)44-25-26-45(8)9/h13-16,20,29,32-33,35-37H,2,12,17-19,21-27H2,1,3-11H3,(H,44,49)(H,47,48). The first-order valence-corrected chi connectivity index (χ1v) is 19.2. The van der Waals surface area contributed by atoms with Crippen molar-refractivity contribution in [1.82, 2.24) is 15.1 Å². The Morgan fingerprint density at radius 1 is 0.918 bits per heavy atom. The molecule has 3 saturated carbocycles. The summed E-state index contributed by atoms with van der Waals surface area (Å²) in [5, 5.41) is 12.9. The van der Waals surface area contributed by atoms with E-state index in [-0.39, 0.29) is 21.7 Å². The van der Waals surface area contributed by atoms with Crippen LogP contribution in [0, 0.1) is 57.2 Å². The van der Waals surface area contributed by atoms with Gasteiger partial charge >= 0.3 is 5.97 Å². The highest BCUT2D eigenvalue weighted by Gasteiger charge is 2.66. The summed E-state index contributed by atoms with van der Waals surface area (Å²) in [7, 11) is 8.42. The monoisotopic (exact) mass is 674 g/mol. The summed E-state index contributed by atoms with van der Waals surface area (Å²) in [4.78, 5) is 30.3. The van der Waals surface area contributed by atoms with Crippen molar-refractivity contribution in [1.29, 1.82) is 0 Å². The Bertz CT molecular complexity index is 1430. The average molecular weight is 674 g/mol. The number of nitrogens with one attached hydrogen (secondary N) is 1. The fraction of sp³-hybridized carbons (Fsp3) is 0.721. The Kier molecular flexibility index (Phi) is 10.8. The van der Waals surface area contributed by atoms with Crippen LogP contribution in [-0.2, 0) is 4.79 Å². The van der Waals surface area contributed by atoms with Crippen molar-refractivity contribution >= 4 is 17.4 Å². The fourth-order valence-electron chi connectivity index (χ4n) is 12.6. The molecule has 6 nitrogen and oxygen atoms in total. The summed E-state index contributed by atoms with van der Waals surface area (Å²) >= 11 is 0. The molecule has 4 aliphatic rings. The average Bonchev–Trinajstić information content (AvgIpc) is 3.42. The third-order valence-electron chi connectivity index (χ3n) is 14.9. The molecule has 272 valence electrons. The molecule has 49 heavy (non-hydrogen) atoms. The molecule has 0 saturated heterocycles. The predicted octanol–water partition coefficient (Wildman–Crippen LogP) is 8.50. The lowest BCUT2D eigenvalue weighted by molar-refractivity contribution is -0.163. The third-order valence-corrected chi connectivity index (χ3v) is 14.9. The molecular formula is C43H67N3O3. The number of fused-ring (bicyclic) bond motifs is 3. The number of hydrogen-bond donors (Lipinski definition) is 2. The molecule has 3 fully saturated rings. The van der Waals surface area contributed by atoms with Gasteiger partial charge in [-0.05, 0) is 148 Å². The number of carboxylic acids is 1. The minimum absolute atomic E-state index is 0.0448. The number of carbonyl (C=O) groups is 2. The molecule has 0 aliphatic heterocycles. The van der Waals surface area contributed by atoms with E-state index in [1.165, 1.54) is 24.0 Å². The van der Waals surface area contributed by atoms with Gasteiger partial charge in [-0.3, -0.25) is 4.79 Å². The van der Waals surface area contributed by atoms with E-state index in [9.17, 15) is 14.7 Å². The molecule has 1 amide bonds. The fourth-order valence-corrected chi connectivity index (χ4v) is 12.6. The van der Waals surface area contributed by atoms with E-state index in [4.69, 9.17) is 0 Å². The first kappa shape index (κ1) is 37.8. The van der Waals surface area contributed by atoms with Gasteiger partial charge in [0.1, 0.15) is 0 Å². The van der Waals surface area contributed by atoms with Gasteiger partial charge in [0.15, 0.2) is 0 Å². The normalized spacial score (nSPS) is 36.9. The van der Waals surface area contributed by atoms with Crippen LogP contribution in [0.4, 0.5) is 0 Å². The second-order valence-corrected chi connectivity index (χ2v) is 18.3. The summed E-state index contributed by atoms with van der Waals surface area (Å²) in [5.74, 6) is 2.31. The van der Waals surface area contributed by atoms with Crippen LogP contribution < -0.4 is 5.32 Å². The van der Waals surface area contributed by atoms with E-state index >= 15 is 0 Å². The topological polar surface area (TPSA) is 72.9 Å². The zero-order valence-electron chi connectivity index (χ0n) is 32.5. The van der Waals surface area contributed by atoms with E-state index in [1.807, 2.05) is 12.1 Å². The molecule has 0 spiro atoms. The number of aromatic carboxylic acids is 1. The van der Waals surface area contributed by atoms with Crippen molar-refractivity contribution in [3.05, 3.63) is 53.6 Å². The van der Waals surface area contributed by atoms with Gasteiger partial charge in [-0.2, -0.15) is 0 Å². The molecule has 0 heterocycles. The maximum Gasteiger partial charge on any atom is 0.335 e. The molecule has 9 unspecified atom stereocenters. The number of nitrogens with zero attached hydrogens (tertiary/aromatic N) is 2. The van der Waals surface area contributed by atoms with E-state index < -0.39 is 5.97 Å². The Morgan fingerprint density at radius 3 is 2.16 bits per heavy atom. The molecule has 0 aromatic heterocycles. The Hall–Kier alpha value is -2.44. The highest BCUT2D eigenvalue weighted by atomic mass is 16.4. The minimum Gasteiger partial charge on any atom is -0.478 e. The van der Waals surface area contributed by atoms with Gasteiger partial charge in [0.05, 0.1) is 11.0 Å². The van der Waals surface area contributed by atoms with Crippen LogP contribution in [0.25, 0.3) is 5.57 Å². The van der Waals surface area contributed by atoms with E-state index in [2.05, 4.69) is 97.5 Å². The van der Waals surface area contributed by atoms with E-state index in [0.717, 1.165) is 57.2 Å². The van der Waals surface area contributed by atoms with Crippen LogP contribution in [0.2, 0.25) is 0 Å². The quantitative estimate of drug-likeness (QED) is 0.231. The van der Waals surface area contributed by atoms with Crippen LogP contribution >= 0.6 is 0 Å². The van der Waals surface area contributed by atoms with E-state index in [1.54, 1.807) is 12.1 Å².